The van der Waals surface area contributed by atoms with E-state index in [2.05, 4.69) is 180 Å². The number of carbonyl (C=O) groups is 4. The fourth-order valence-electron chi connectivity index (χ4n) is 11.0. The molecule has 0 bridgehead atoms. The van der Waals surface area contributed by atoms with Crippen molar-refractivity contribution < 1.29 is 28.7 Å². The number of anilines is 1. The first kappa shape index (κ1) is 62.1. The van der Waals surface area contributed by atoms with E-state index in [1.54, 1.807) is 24.3 Å². The van der Waals surface area contributed by atoms with Gasteiger partial charge in [-0.25, -0.2) is 9.59 Å². The van der Waals surface area contributed by atoms with Crippen molar-refractivity contribution in [1.82, 2.24) is 0 Å². The topological polar surface area (TPSA) is 98.8 Å². The van der Waals surface area contributed by atoms with Gasteiger partial charge in [0.25, 0.3) is 5.91 Å². The zero-order chi connectivity index (χ0) is 61.3. The van der Waals surface area contributed by atoms with Gasteiger partial charge >= 0.3 is 11.9 Å². The van der Waals surface area contributed by atoms with E-state index in [1.807, 2.05) is 85.8 Å². The minimum absolute atomic E-state index is 0.0848. The average molecular weight is 1150 g/mol. The van der Waals surface area contributed by atoms with Crippen molar-refractivity contribution in [2.75, 3.05) is 18.5 Å². The van der Waals surface area contributed by atoms with Crippen LogP contribution in [0.3, 0.4) is 0 Å². The Kier molecular flexibility index (Phi) is 21.1. The van der Waals surface area contributed by atoms with Crippen LogP contribution in [0.15, 0.2) is 212 Å². The summed E-state index contributed by atoms with van der Waals surface area (Å²) in [6, 6.07) is 70.2. The third-order valence-electron chi connectivity index (χ3n) is 16.7. The third-order valence-corrected chi connectivity index (χ3v) is 16.7. The third kappa shape index (κ3) is 16.9. The molecule has 7 heteroatoms. The molecular weight excluding hydrogens is 1070 g/mol. The minimum atomic E-state index is -0.617. The van der Waals surface area contributed by atoms with Gasteiger partial charge < -0.3 is 14.8 Å². The maximum atomic E-state index is 14.4. The highest BCUT2D eigenvalue weighted by molar-refractivity contribution is 6.11. The number of ketones is 1. The highest BCUT2D eigenvalue weighted by Crippen LogP contribution is 2.33. The molecule has 0 saturated carbocycles. The number of hydrogen-bond donors (Lipinski definition) is 1. The second kappa shape index (κ2) is 29.6. The average Bonchev–Trinajstić information content (AvgIpc) is 3.31. The Morgan fingerprint density at radius 1 is 0.437 bits per heavy atom. The molecule has 1 amide bonds. The molecule has 0 radical (unpaired) electrons. The zero-order valence-corrected chi connectivity index (χ0v) is 51.3. The van der Waals surface area contributed by atoms with E-state index < -0.39 is 17.8 Å². The molecule has 87 heavy (non-hydrogen) atoms. The first-order valence-electron chi connectivity index (χ1n) is 30.5. The minimum Gasteiger partial charge on any atom is -0.462 e. The number of nitrogens with one attached hydrogen (secondary N) is 1. The lowest BCUT2D eigenvalue weighted by Gasteiger charge is -2.26. The summed E-state index contributed by atoms with van der Waals surface area (Å²) in [6.45, 7) is 15.1. The van der Waals surface area contributed by atoms with E-state index in [4.69, 9.17) is 9.47 Å². The molecule has 0 aliphatic heterocycles. The van der Waals surface area contributed by atoms with Crippen LogP contribution in [0.5, 0.6) is 0 Å². The van der Waals surface area contributed by atoms with Gasteiger partial charge in [-0.15, -0.1) is 0 Å². The number of amides is 1. The first-order chi connectivity index (χ1) is 42.1. The normalized spacial score (nSPS) is 12.2. The number of benzene rings is 9. The molecule has 0 saturated heterocycles. The summed E-state index contributed by atoms with van der Waals surface area (Å²) in [7, 11) is 0. The fourth-order valence-corrected chi connectivity index (χ4v) is 11.0. The number of Topliss-reactive ketones (excluding diaryl/α,β-unsaturated/α-hetero) is 1. The van der Waals surface area contributed by atoms with Gasteiger partial charge in [0, 0.05) is 23.1 Å². The second-order valence-electron chi connectivity index (χ2n) is 23.4. The van der Waals surface area contributed by atoms with E-state index in [-0.39, 0.29) is 71.3 Å². The van der Waals surface area contributed by atoms with Gasteiger partial charge in [-0.2, -0.15) is 0 Å². The van der Waals surface area contributed by atoms with Crippen molar-refractivity contribution in [2.24, 2.45) is 0 Å². The van der Waals surface area contributed by atoms with Crippen molar-refractivity contribution in [3.8, 4) is 0 Å². The van der Waals surface area contributed by atoms with Crippen molar-refractivity contribution in [1.29, 1.82) is 0 Å². The Labute approximate surface area is 514 Å². The van der Waals surface area contributed by atoms with E-state index in [1.165, 1.54) is 22.3 Å². The SMILES string of the molecule is CCC(CCOC(=O)c1ccc(Cc2ccc(C(=O)Nc3ccc(C(C)(C)c4ccccc4)cc3)c(C(=O)OCCC(CC)c3ccc(C=Cc4ccc(C)cc4)cc3)c2)cc1C(=O)Cc1ccc(C)cc1)c1ccc(C=Cc2ccc(C)cc2)cc1. The number of esters is 2. The Bertz CT molecular complexity index is 3840. The molecule has 9 rings (SSSR count). The molecule has 440 valence electrons. The fraction of sp³-hybridized carbons (Fsp3) is 0.225. The molecule has 0 aromatic heterocycles. The van der Waals surface area contributed by atoms with Crippen molar-refractivity contribution in [3.63, 3.8) is 0 Å². The van der Waals surface area contributed by atoms with Gasteiger partial charge in [0.2, 0.25) is 0 Å². The smallest absolute Gasteiger partial charge is 0.338 e. The van der Waals surface area contributed by atoms with Crippen LogP contribution in [-0.4, -0.2) is 36.8 Å². The van der Waals surface area contributed by atoms with E-state index in [0.29, 0.717) is 24.1 Å². The predicted octanol–water partition coefficient (Wildman–Crippen LogP) is 19.0. The van der Waals surface area contributed by atoms with Gasteiger partial charge in [0.05, 0.1) is 29.9 Å². The molecule has 0 aliphatic rings. The summed E-state index contributed by atoms with van der Waals surface area (Å²) >= 11 is 0. The predicted molar refractivity (Wildman–Crippen MR) is 357 cm³/mol. The van der Waals surface area contributed by atoms with Gasteiger partial charge in [0.1, 0.15) is 0 Å². The first-order valence-corrected chi connectivity index (χ1v) is 30.5. The van der Waals surface area contributed by atoms with Crippen LogP contribution in [-0.2, 0) is 27.7 Å². The second-order valence-corrected chi connectivity index (χ2v) is 23.4. The van der Waals surface area contributed by atoms with Gasteiger partial charge in [0.15, 0.2) is 5.78 Å². The number of rotatable bonds is 25. The van der Waals surface area contributed by atoms with Crippen LogP contribution in [0, 0.1) is 20.8 Å². The van der Waals surface area contributed by atoms with Crippen LogP contribution in [0.4, 0.5) is 5.69 Å². The number of carbonyl (C=O) groups excluding carboxylic acids is 4. The van der Waals surface area contributed by atoms with Crippen LogP contribution in [0.2, 0.25) is 0 Å². The summed E-state index contributed by atoms with van der Waals surface area (Å²) in [4.78, 5) is 57.3. The Morgan fingerprint density at radius 3 is 1.31 bits per heavy atom. The van der Waals surface area contributed by atoms with E-state index >= 15 is 0 Å². The largest absolute Gasteiger partial charge is 0.462 e. The van der Waals surface area contributed by atoms with E-state index in [9.17, 15) is 19.2 Å². The molecule has 2 atom stereocenters. The molecule has 9 aromatic carbocycles. The molecule has 0 spiro atoms. The maximum Gasteiger partial charge on any atom is 0.338 e. The quantitative estimate of drug-likeness (QED) is 0.0348. The Morgan fingerprint density at radius 2 is 0.839 bits per heavy atom. The molecule has 7 nitrogen and oxygen atoms in total. The molecule has 1 N–H and O–H groups in total. The van der Waals surface area contributed by atoms with Crippen LogP contribution in [0.25, 0.3) is 24.3 Å². The van der Waals surface area contributed by atoms with Gasteiger partial charge in [-0.05, 0) is 162 Å². The molecule has 0 heterocycles. The lowest BCUT2D eigenvalue weighted by atomic mass is 9.78. The molecule has 0 fully saturated rings. The van der Waals surface area contributed by atoms with Gasteiger partial charge in [-0.3, -0.25) is 9.59 Å². The molecule has 9 aromatic rings. The van der Waals surface area contributed by atoms with Gasteiger partial charge in [-0.1, -0.05) is 245 Å². The van der Waals surface area contributed by atoms with Crippen LogP contribution < -0.4 is 5.32 Å². The standard InChI is InChI=1S/C80H79NO6/c1-8-65(67-37-31-60(32-38-67)29-27-58-21-15-55(3)16-22-58)47-49-86-78(84)73-46-36-63(52-74(73)76(82)54-62-25-19-57(5)20-26-62)51-64-35-45-72(77(83)81-71-43-41-70(42-44-71)80(6,7)69-13-11-10-12-14-69)75(53-64)79(85)87-50-48-66(9-2)68-39-33-61(34-40-68)30-28-59-23-17-56(4)18-24-59/h10-46,52-53,65-66H,8-9,47-51,54H2,1-7H3,(H,81,83). The summed E-state index contributed by atoms with van der Waals surface area (Å²) < 4.78 is 12.1. The molecule has 0 aliphatic carbocycles. The monoisotopic (exact) mass is 1150 g/mol. The lowest BCUT2D eigenvalue weighted by molar-refractivity contribution is 0.0481. The zero-order valence-electron chi connectivity index (χ0n) is 51.3. The summed E-state index contributed by atoms with van der Waals surface area (Å²) in [6.07, 6.45) is 11.7. The summed E-state index contributed by atoms with van der Waals surface area (Å²) in [5.74, 6) is -1.56. The molecule has 2 unspecified atom stereocenters. The Balaban J connectivity index is 0.927. The summed E-state index contributed by atoms with van der Waals surface area (Å²) in [5.41, 5.74) is 15.9. The number of hydrogen-bond acceptors (Lipinski definition) is 6. The van der Waals surface area contributed by atoms with Crippen molar-refractivity contribution in [3.05, 3.63) is 312 Å². The summed E-state index contributed by atoms with van der Waals surface area (Å²) in [5, 5.41) is 3.04. The highest BCUT2D eigenvalue weighted by atomic mass is 16.5. The number of ether oxygens (including phenoxy) is 2. The van der Waals surface area contributed by atoms with Crippen LogP contribution >= 0.6 is 0 Å². The van der Waals surface area contributed by atoms with Crippen LogP contribution in [0.1, 0.15) is 185 Å². The maximum absolute atomic E-state index is 14.4. The highest BCUT2D eigenvalue weighted by Gasteiger charge is 2.25. The Hall–Kier alpha value is -9.46. The lowest BCUT2D eigenvalue weighted by Crippen LogP contribution is -2.20. The van der Waals surface area contributed by atoms with E-state index in [0.717, 1.165) is 62.9 Å². The van der Waals surface area contributed by atoms with Crippen molar-refractivity contribution in [2.45, 2.75) is 104 Å². The van der Waals surface area contributed by atoms with Crippen molar-refractivity contribution >= 4 is 53.6 Å². The molecular formula is C80H79NO6. The number of aryl methyl sites for hydroxylation is 3.